The molecule has 0 aliphatic carbocycles. The third kappa shape index (κ3) is 5.41. The Morgan fingerprint density at radius 1 is 1.00 bits per heavy atom. The molecule has 0 unspecified atom stereocenters. The van der Waals surface area contributed by atoms with Crippen LogP contribution in [0, 0.1) is 5.82 Å². The van der Waals surface area contributed by atoms with Crippen LogP contribution in [0.3, 0.4) is 0 Å². The van der Waals surface area contributed by atoms with E-state index in [2.05, 4.69) is 35.8 Å². The molecule has 0 aliphatic rings. The van der Waals surface area contributed by atoms with Crippen molar-refractivity contribution in [3.8, 4) is 11.4 Å². The van der Waals surface area contributed by atoms with Gasteiger partial charge in [-0.2, -0.15) is 5.10 Å². The summed E-state index contributed by atoms with van der Waals surface area (Å²) in [5, 5.41) is 12.1. The van der Waals surface area contributed by atoms with Crippen molar-refractivity contribution in [2.24, 2.45) is 0 Å². The number of carbonyl (C=O) groups is 2. The molecule has 2 heterocycles. The van der Waals surface area contributed by atoms with Gasteiger partial charge in [0.2, 0.25) is 0 Å². The first-order chi connectivity index (χ1) is 16.4. The predicted octanol–water partition coefficient (Wildman–Crippen LogP) is 3.48. The van der Waals surface area contributed by atoms with Gasteiger partial charge in [0, 0.05) is 18.2 Å². The van der Waals surface area contributed by atoms with Crippen LogP contribution in [-0.4, -0.2) is 37.0 Å². The van der Waals surface area contributed by atoms with Gasteiger partial charge >= 0.3 is 0 Å². The number of benzene rings is 2. The van der Waals surface area contributed by atoms with E-state index in [0.717, 1.165) is 17.5 Å². The summed E-state index contributed by atoms with van der Waals surface area (Å²) in [6, 6.07) is 12.7. The van der Waals surface area contributed by atoms with E-state index in [1.165, 1.54) is 30.6 Å². The van der Waals surface area contributed by atoms with Gasteiger partial charge in [0.15, 0.2) is 5.82 Å². The minimum Gasteiger partial charge on any atom is -0.347 e. The van der Waals surface area contributed by atoms with E-state index >= 15 is 0 Å². The van der Waals surface area contributed by atoms with Gasteiger partial charge in [-0.1, -0.05) is 41.9 Å². The molecule has 172 valence electrons. The number of amides is 2. The number of halogens is 2. The Morgan fingerprint density at radius 3 is 2.41 bits per heavy atom. The summed E-state index contributed by atoms with van der Waals surface area (Å²) in [6.45, 7) is 1.95. The summed E-state index contributed by atoms with van der Waals surface area (Å²) >= 11 is 5.76. The van der Waals surface area contributed by atoms with Crippen LogP contribution in [0.1, 0.15) is 45.1 Å². The van der Waals surface area contributed by atoms with E-state index in [1.807, 2.05) is 31.2 Å². The third-order valence-electron chi connectivity index (χ3n) is 5.02. The number of carbonyl (C=O) groups excluding carboxylic acids is 2. The van der Waals surface area contributed by atoms with Crippen LogP contribution in [0.4, 0.5) is 4.39 Å². The van der Waals surface area contributed by atoms with E-state index in [4.69, 9.17) is 11.6 Å². The van der Waals surface area contributed by atoms with Crippen LogP contribution in [0.5, 0.6) is 0 Å². The number of H-pyrrole nitrogens is 1. The number of nitrogens with zero attached hydrogens (tertiary/aromatic N) is 4. The third-order valence-corrected chi connectivity index (χ3v) is 5.31. The SMILES string of the molecule is C[C@H](NC(=O)c1cc(C(=O)NCc2ccc(F)c(Cl)c2)ncn1)c1ccc(-c2ncn[nH]2)cc1. The van der Waals surface area contributed by atoms with Gasteiger partial charge in [0.1, 0.15) is 29.9 Å². The summed E-state index contributed by atoms with van der Waals surface area (Å²) in [5.41, 5.74) is 2.44. The summed E-state index contributed by atoms with van der Waals surface area (Å²) in [5.74, 6) is -0.845. The van der Waals surface area contributed by atoms with Gasteiger partial charge in [-0.05, 0) is 30.2 Å². The molecular formula is C23H19ClFN7O2. The highest BCUT2D eigenvalue weighted by molar-refractivity contribution is 6.30. The normalized spacial score (nSPS) is 11.6. The monoisotopic (exact) mass is 479 g/mol. The average molecular weight is 480 g/mol. The number of nitrogens with one attached hydrogen (secondary N) is 3. The molecule has 2 aromatic carbocycles. The first-order valence-electron chi connectivity index (χ1n) is 10.2. The zero-order chi connectivity index (χ0) is 24.1. The second-order valence-electron chi connectivity index (χ2n) is 7.37. The van der Waals surface area contributed by atoms with E-state index in [9.17, 15) is 14.0 Å². The molecule has 0 bridgehead atoms. The largest absolute Gasteiger partial charge is 0.347 e. The molecule has 0 saturated carbocycles. The van der Waals surface area contributed by atoms with Crippen molar-refractivity contribution in [3.63, 3.8) is 0 Å². The number of rotatable bonds is 7. The second kappa shape index (κ2) is 10.2. The van der Waals surface area contributed by atoms with Crippen molar-refractivity contribution in [2.45, 2.75) is 19.5 Å². The van der Waals surface area contributed by atoms with Crippen molar-refractivity contribution < 1.29 is 14.0 Å². The lowest BCUT2D eigenvalue weighted by Crippen LogP contribution is -2.29. The highest BCUT2D eigenvalue weighted by atomic mass is 35.5. The molecule has 0 radical (unpaired) electrons. The van der Waals surface area contributed by atoms with Crippen molar-refractivity contribution in [3.05, 3.63) is 94.5 Å². The van der Waals surface area contributed by atoms with Crippen molar-refractivity contribution in [1.82, 2.24) is 35.8 Å². The summed E-state index contributed by atoms with van der Waals surface area (Å²) < 4.78 is 13.3. The number of aromatic nitrogens is 5. The Kier molecular flexibility index (Phi) is 6.88. The topological polar surface area (TPSA) is 126 Å². The van der Waals surface area contributed by atoms with Crippen molar-refractivity contribution in [2.75, 3.05) is 0 Å². The molecule has 9 nitrogen and oxygen atoms in total. The summed E-state index contributed by atoms with van der Waals surface area (Å²) in [6.07, 6.45) is 2.58. The Bertz CT molecular complexity index is 1310. The summed E-state index contributed by atoms with van der Waals surface area (Å²) in [7, 11) is 0. The standard InChI is InChI=1S/C23H19ClFN7O2/c1-13(15-3-5-16(6-4-15)21-29-12-30-32-21)31-23(34)20-9-19(27-11-28-20)22(33)26-10-14-2-7-18(25)17(24)8-14/h2-9,11-13H,10H2,1H3,(H,26,33)(H,31,34)(H,29,30,32)/t13-/m0/s1. The minimum atomic E-state index is -0.539. The molecule has 0 saturated heterocycles. The maximum Gasteiger partial charge on any atom is 0.270 e. The van der Waals surface area contributed by atoms with Gasteiger partial charge in [-0.25, -0.2) is 19.3 Å². The van der Waals surface area contributed by atoms with E-state index in [1.54, 1.807) is 0 Å². The average Bonchev–Trinajstić information content (AvgIpc) is 3.40. The molecule has 2 aromatic heterocycles. The molecule has 3 N–H and O–H groups in total. The number of hydrogen-bond donors (Lipinski definition) is 3. The van der Waals surface area contributed by atoms with E-state index in [0.29, 0.717) is 11.4 Å². The van der Waals surface area contributed by atoms with Crippen molar-refractivity contribution >= 4 is 23.4 Å². The predicted molar refractivity (Wildman–Crippen MR) is 122 cm³/mol. The van der Waals surface area contributed by atoms with Gasteiger partial charge < -0.3 is 10.6 Å². The van der Waals surface area contributed by atoms with Crippen LogP contribution < -0.4 is 10.6 Å². The zero-order valence-electron chi connectivity index (χ0n) is 17.9. The fourth-order valence-corrected chi connectivity index (χ4v) is 3.36. The zero-order valence-corrected chi connectivity index (χ0v) is 18.7. The van der Waals surface area contributed by atoms with Gasteiger partial charge in [-0.15, -0.1) is 0 Å². The van der Waals surface area contributed by atoms with Gasteiger partial charge in [0.25, 0.3) is 11.8 Å². The molecule has 34 heavy (non-hydrogen) atoms. The smallest absolute Gasteiger partial charge is 0.270 e. The minimum absolute atomic E-state index is 0.0254. The van der Waals surface area contributed by atoms with Gasteiger partial charge in [0.05, 0.1) is 11.1 Å². The molecular weight excluding hydrogens is 461 g/mol. The molecule has 0 spiro atoms. The molecule has 11 heteroatoms. The fourth-order valence-electron chi connectivity index (χ4n) is 3.16. The fraction of sp³-hybridized carbons (Fsp3) is 0.130. The quantitative estimate of drug-likeness (QED) is 0.372. The number of aromatic amines is 1. The second-order valence-corrected chi connectivity index (χ2v) is 7.78. The molecule has 1 atom stereocenters. The van der Waals surface area contributed by atoms with Crippen LogP contribution in [0.25, 0.3) is 11.4 Å². The maximum atomic E-state index is 13.3. The van der Waals surface area contributed by atoms with Crippen molar-refractivity contribution in [1.29, 1.82) is 0 Å². The lowest BCUT2D eigenvalue weighted by atomic mass is 10.1. The van der Waals surface area contributed by atoms with Crippen LogP contribution in [0.2, 0.25) is 5.02 Å². The molecule has 4 aromatic rings. The first-order valence-corrected chi connectivity index (χ1v) is 10.6. The van der Waals surface area contributed by atoms with Gasteiger partial charge in [-0.3, -0.25) is 14.7 Å². The molecule has 0 fully saturated rings. The highest BCUT2D eigenvalue weighted by Gasteiger charge is 2.16. The van der Waals surface area contributed by atoms with Crippen LogP contribution >= 0.6 is 11.6 Å². The molecule has 0 aliphatic heterocycles. The molecule has 4 rings (SSSR count). The van der Waals surface area contributed by atoms with Crippen LogP contribution in [-0.2, 0) is 6.54 Å². The maximum absolute atomic E-state index is 13.3. The van der Waals surface area contributed by atoms with E-state index < -0.39 is 17.6 Å². The Morgan fingerprint density at radius 2 is 1.74 bits per heavy atom. The Labute approximate surface area is 198 Å². The first kappa shape index (κ1) is 23.0. The number of hydrogen-bond acceptors (Lipinski definition) is 6. The Balaban J connectivity index is 1.38. The summed E-state index contributed by atoms with van der Waals surface area (Å²) in [4.78, 5) is 37.2. The van der Waals surface area contributed by atoms with E-state index in [-0.39, 0.29) is 29.0 Å². The van der Waals surface area contributed by atoms with Crippen LogP contribution in [0.15, 0.2) is 61.2 Å². The lowest BCUT2D eigenvalue weighted by Gasteiger charge is -2.14. The Hall–Kier alpha value is -4.18. The lowest BCUT2D eigenvalue weighted by molar-refractivity contribution is 0.0934. The molecule has 2 amide bonds. The highest BCUT2D eigenvalue weighted by Crippen LogP contribution is 2.19.